The van der Waals surface area contributed by atoms with Crippen molar-refractivity contribution in [2.75, 3.05) is 26.2 Å². The highest BCUT2D eigenvalue weighted by molar-refractivity contribution is 5.74. The number of nitrogens with zero attached hydrogens (tertiary/aromatic N) is 1. The molecule has 0 radical (unpaired) electrons. The van der Waals surface area contributed by atoms with Crippen molar-refractivity contribution in [2.45, 2.75) is 19.3 Å². The Kier molecular flexibility index (Phi) is 5.21. The summed E-state index contributed by atoms with van der Waals surface area (Å²) in [4.78, 5) is 13.8. The molecule has 1 aliphatic rings. The summed E-state index contributed by atoms with van der Waals surface area (Å²) in [5.41, 5.74) is 1.23. The molecule has 4 heteroatoms. The van der Waals surface area contributed by atoms with Gasteiger partial charge in [0.15, 0.2) is 0 Å². The predicted octanol–water partition coefficient (Wildman–Crippen LogP) is 1.64. The largest absolute Gasteiger partial charge is 0.396 e. The number of piperidine rings is 1. The number of benzene rings is 1. The van der Waals surface area contributed by atoms with Gasteiger partial charge in [0.25, 0.3) is 0 Å². The van der Waals surface area contributed by atoms with Crippen LogP contribution in [0.15, 0.2) is 30.3 Å². The fourth-order valence-corrected chi connectivity index (χ4v) is 2.47. The number of likely N-dealkylation sites (tertiary alicyclic amines) is 1. The maximum atomic E-state index is 12.0. The molecule has 1 saturated heterocycles. The molecule has 0 aromatic heterocycles. The van der Waals surface area contributed by atoms with Crippen molar-refractivity contribution in [3.05, 3.63) is 35.9 Å². The van der Waals surface area contributed by atoms with Crippen LogP contribution in [0.25, 0.3) is 0 Å². The lowest BCUT2D eigenvalue weighted by Crippen LogP contribution is -2.46. The van der Waals surface area contributed by atoms with Gasteiger partial charge in [-0.2, -0.15) is 0 Å². The molecule has 0 spiro atoms. The maximum absolute atomic E-state index is 12.0. The minimum Gasteiger partial charge on any atom is -0.396 e. The Hall–Kier alpha value is -1.55. The van der Waals surface area contributed by atoms with Gasteiger partial charge >= 0.3 is 6.03 Å². The van der Waals surface area contributed by atoms with Gasteiger partial charge in [-0.25, -0.2) is 4.79 Å². The first-order valence-electron chi connectivity index (χ1n) is 6.97. The molecule has 0 bridgehead atoms. The fourth-order valence-electron chi connectivity index (χ4n) is 2.47. The summed E-state index contributed by atoms with van der Waals surface area (Å²) >= 11 is 0. The molecule has 1 aliphatic heterocycles. The van der Waals surface area contributed by atoms with Crippen LogP contribution in [-0.2, 0) is 6.42 Å². The highest BCUT2D eigenvalue weighted by Crippen LogP contribution is 2.15. The molecule has 4 nitrogen and oxygen atoms in total. The number of hydrogen-bond donors (Lipinski definition) is 2. The van der Waals surface area contributed by atoms with Gasteiger partial charge in [-0.15, -0.1) is 0 Å². The highest BCUT2D eigenvalue weighted by Gasteiger charge is 2.22. The Bertz CT molecular complexity index is 394. The van der Waals surface area contributed by atoms with Crippen LogP contribution in [0, 0.1) is 5.92 Å². The third kappa shape index (κ3) is 4.24. The third-order valence-corrected chi connectivity index (χ3v) is 3.60. The molecule has 104 valence electrons. The van der Waals surface area contributed by atoms with E-state index in [2.05, 4.69) is 17.4 Å². The van der Waals surface area contributed by atoms with E-state index in [1.165, 1.54) is 5.56 Å². The molecule has 2 rings (SSSR count). The van der Waals surface area contributed by atoms with E-state index in [9.17, 15) is 4.79 Å². The molecule has 0 saturated carbocycles. The van der Waals surface area contributed by atoms with Crippen molar-refractivity contribution in [1.82, 2.24) is 10.2 Å². The SMILES string of the molecule is O=C(NCCc1ccccc1)N1CCC[C@H](CO)C1. The number of hydrogen-bond acceptors (Lipinski definition) is 2. The minimum atomic E-state index is -0.00548. The number of rotatable bonds is 4. The normalized spacial score (nSPS) is 19.2. The second kappa shape index (κ2) is 7.14. The van der Waals surface area contributed by atoms with E-state index in [0.717, 1.165) is 25.8 Å². The summed E-state index contributed by atoms with van der Waals surface area (Å²) in [6.07, 6.45) is 2.85. The van der Waals surface area contributed by atoms with Crippen molar-refractivity contribution in [1.29, 1.82) is 0 Å². The van der Waals surface area contributed by atoms with E-state index in [1.807, 2.05) is 23.1 Å². The quantitative estimate of drug-likeness (QED) is 0.866. The number of amides is 2. The topological polar surface area (TPSA) is 52.6 Å². The second-order valence-electron chi connectivity index (χ2n) is 5.10. The number of carbonyl (C=O) groups is 1. The molecule has 1 aromatic rings. The summed E-state index contributed by atoms with van der Waals surface area (Å²) in [7, 11) is 0. The first-order chi connectivity index (χ1) is 9.29. The number of nitrogens with one attached hydrogen (secondary N) is 1. The zero-order valence-electron chi connectivity index (χ0n) is 11.2. The molecule has 0 unspecified atom stereocenters. The molecular weight excluding hydrogens is 240 g/mol. The van der Waals surface area contributed by atoms with E-state index in [4.69, 9.17) is 5.11 Å². The second-order valence-corrected chi connectivity index (χ2v) is 5.10. The van der Waals surface area contributed by atoms with E-state index < -0.39 is 0 Å². The molecule has 1 heterocycles. The monoisotopic (exact) mass is 262 g/mol. The Morgan fingerprint density at radius 2 is 2.16 bits per heavy atom. The van der Waals surface area contributed by atoms with Crippen LogP contribution in [0.5, 0.6) is 0 Å². The molecule has 1 fully saturated rings. The maximum Gasteiger partial charge on any atom is 0.317 e. The number of carbonyl (C=O) groups excluding carboxylic acids is 1. The average molecular weight is 262 g/mol. The van der Waals surface area contributed by atoms with Crippen LogP contribution in [0.2, 0.25) is 0 Å². The zero-order chi connectivity index (χ0) is 13.5. The van der Waals surface area contributed by atoms with E-state index >= 15 is 0 Å². The van der Waals surface area contributed by atoms with Crippen molar-refractivity contribution < 1.29 is 9.90 Å². The van der Waals surface area contributed by atoms with E-state index in [1.54, 1.807) is 0 Å². The Morgan fingerprint density at radius 3 is 2.89 bits per heavy atom. The van der Waals surface area contributed by atoms with Crippen molar-refractivity contribution in [3.63, 3.8) is 0 Å². The highest BCUT2D eigenvalue weighted by atomic mass is 16.3. The third-order valence-electron chi connectivity index (χ3n) is 3.60. The standard InChI is InChI=1S/C15H22N2O2/c18-12-14-7-4-10-17(11-14)15(19)16-9-8-13-5-2-1-3-6-13/h1-3,5-6,14,18H,4,7-12H2,(H,16,19)/t14-/m0/s1. The Morgan fingerprint density at radius 1 is 1.37 bits per heavy atom. The van der Waals surface area contributed by atoms with Crippen molar-refractivity contribution in [2.24, 2.45) is 5.92 Å². The summed E-state index contributed by atoms with van der Waals surface area (Å²) in [5, 5.41) is 12.1. The van der Waals surface area contributed by atoms with Gasteiger partial charge in [-0.3, -0.25) is 0 Å². The van der Waals surface area contributed by atoms with Gasteiger partial charge in [0.05, 0.1) is 0 Å². The van der Waals surface area contributed by atoms with Gasteiger partial charge in [0.2, 0.25) is 0 Å². The van der Waals surface area contributed by atoms with Gasteiger partial charge < -0.3 is 15.3 Å². The van der Waals surface area contributed by atoms with Crippen LogP contribution in [0.1, 0.15) is 18.4 Å². The van der Waals surface area contributed by atoms with Gasteiger partial charge in [0.1, 0.15) is 0 Å². The number of aliphatic hydroxyl groups is 1. The summed E-state index contributed by atoms with van der Waals surface area (Å²) < 4.78 is 0. The number of aliphatic hydroxyl groups excluding tert-OH is 1. The van der Waals surface area contributed by atoms with Gasteiger partial charge in [0, 0.05) is 26.2 Å². The lowest BCUT2D eigenvalue weighted by molar-refractivity contribution is 0.129. The van der Waals surface area contributed by atoms with Crippen LogP contribution in [-0.4, -0.2) is 42.3 Å². The fraction of sp³-hybridized carbons (Fsp3) is 0.533. The Balaban J connectivity index is 1.72. The van der Waals surface area contributed by atoms with Crippen LogP contribution >= 0.6 is 0 Å². The summed E-state index contributed by atoms with van der Waals surface area (Å²) in [6.45, 7) is 2.30. The minimum absolute atomic E-state index is 0.00548. The van der Waals surface area contributed by atoms with Crippen LogP contribution < -0.4 is 5.32 Å². The van der Waals surface area contributed by atoms with E-state index in [-0.39, 0.29) is 18.6 Å². The van der Waals surface area contributed by atoms with Crippen LogP contribution in [0.3, 0.4) is 0 Å². The molecule has 2 amide bonds. The van der Waals surface area contributed by atoms with Crippen molar-refractivity contribution >= 4 is 6.03 Å². The smallest absolute Gasteiger partial charge is 0.317 e. The number of urea groups is 1. The zero-order valence-corrected chi connectivity index (χ0v) is 11.2. The predicted molar refractivity (Wildman–Crippen MR) is 74.9 cm³/mol. The molecule has 1 atom stereocenters. The van der Waals surface area contributed by atoms with Crippen LogP contribution in [0.4, 0.5) is 4.79 Å². The lowest BCUT2D eigenvalue weighted by Gasteiger charge is -2.31. The van der Waals surface area contributed by atoms with Gasteiger partial charge in [-0.1, -0.05) is 30.3 Å². The molecular formula is C15H22N2O2. The van der Waals surface area contributed by atoms with E-state index in [0.29, 0.717) is 13.1 Å². The van der Waals surface area contributed by atoms with Crippen molar-refractivity contribution in [3.8, 4) is 0 Å². The molecule has 19 heavy (non-hydrogen) atoms. The molecule has 0 aliphatic carbocycles. The summed E-state index contributed by atoms with van der Waals surface area (Å²) in [6, 6.07) is 10.1. The first-order valence-corrected chi connectivity index (χ1v) is 6.97. The summed E-state index contributed by atoms with van der Waals surface area (Å²) in [5.74, 6) is 0.244. The lowest BCUT2D eigenvalue weighted by atomic mass is 9.99. The molecule has 1 aromatic carbocycles. The first kappa shape index (κ1) is 13.9. The Labute approximate surface area is 114 Å². The average Bonchev–Trinajstić information content (AvgIpc) is 2.48. The van der Waals surface area contributed by atoms with Gasteiger partial charge in [-0.05, 0) is 30.7 Å². The molecule has 2 N–H and O–H groups in total.